The molecule has 0 spiro atoms. The maximum atomic E-state index is 12.2. The van der Waals surface area contributed by atoms with E-state index in [2.05, 4.69) is 10.6 Å². The predicted octanol–water partition coefficient (Wildman–Crippen LogP) is 2.56. The van der Waals surface area contributed by atoms with Gasteiger partial charge in [-0.25, -0.2) is 4.79 Å². The minimum atomic E-state index is -0.0207. The van der Waals surface area contributed by atoms with E-state index in [-0.39, 0.29) is 6.03 Å². The molecule has 2 atom stereocenters. The maximum absolute atomic E-state index is 12.2. The number of benzene rings is 1. The lowest BCUT2D eigenvalue weighted by Crippen LogP contribution is -2.48. The van der Waals surface area contributed by atoms with E-state index in [0.717, 1.165) is 31.7 Å². The average Bonchev–Trinajstić information content (AvgIpc) is 2.85. The fourth-order valence-electron chi connectivity index (χ4n) is 3.00. The number of hydrogen-bond acceptors (Lipinski definition) is 2. The summed E-state index contributed by atoms with van der Waals surface area (Å²) in [4.78, 5) is 14.1. The quantitative estimate of drug-likeness (QED) is 0.830. The lowest BCUT2D eigenvalue weighted by molar-refractivity contribution is 0.170. The molecule has 3 rings (SSSR count). The number of amides is 2. The first-order valence-corrected chi connectivity index (χ1v) is 7.15. The van der Waals surface area contributed by atoms with E-state index in [1.807, 2.05) is 17.0 Å². The summed E-state index contributed by atoms with van der Waals surface area (Å²) in [5.74, 6) is 0.610. The van der Waals surface area contributed by atoms with Crippen molar-refractivity contribution in [3.8, 4) is 0 Å². The molecule has 2 aliphatic rings. The Bertz CT molecular complexity index is 480. The highest BCUT2D eigenvalue weighted by Crippen LogP contribution is 2.25. The van der Waals surface area contributed by atoms with Crippen molar-refractivity contribution in [3.05, 3.63) is 29.3 Å². The number of anilines is 1. The van der Waals surface area contributed by atoms with Crippen molar-refractivity contribution in [2.45, 2.75) is 18.9 Å². The van der Waals surface area contributed by atoms with Gasteiger partial charge in [-0.3, -0.25) is 0 Å². The van der Waals surface area contributed by atoms with Crippen LogP contribution in [0.4, 0.5) is 10.5 Å². The first-order valence-electron chi connectivity index (χ1n) is 6.77. The topological polar surface area (TPSA) is 44.4 Å². The zero-order chi connectivity index (χ0) is 13.2. The predicted molar refractivity (Wildman–Crippen MR) is 76.6 cm³/mol. The average molecular weight is 280 g/mol. The van der Waals surface area contributed by atoms with Crippen molar-refractivity contribution in [2.24, 2.45) is 5.92 Å². The zero-order valence-corrected chi connectivity index (χ0v) is 11.5. The first-order chi connectivity index (χ1) is 9.22. The van der Waals surface area contributed by atoms with Gasteiger partial charge in [0.15, 0.2) is 0 Å². The van der Waals surface area contributed by atoms with Crippen LogP contribution >= 0.6 is 11.6 Å². The van der Waals surface area contributed by atoms with Crippen LogP contribution in [0.3, 0.4) is 0 Å². The maximum Gasteiger partial charge on any atom is 0.321 e. The molecule has 4 nitrogen and oxygen atoms in total. The van der Waals surface area contributed by atoms with Crippen LogP contribution in [-0.4, -0.2) is 36.6 Å². The van der Waals surface area contributed by atoms with E-state index < -0.39 is 0 Å². The van der Waals surface area contributed by atoms with Gasteiger partial charge >= 0.3 is 6.03 Å². The van der Waals surface area contributed by atoms with Gasteiger partial charge in [-0.2, -0.15) is 0 Å². The highest BCUT2D eigenvalue weighted by Gasteiger charge is 2.34. The molecule has 0 aliphatic carbocycles. The van der Waals surface area contributed by atoms with Crippen LogP contribution in [0.25, 0.3) is 0 Å². The van der Waals surface area contributed by atoms with Crippen LogP contribution in [-0.2, 0) is 0 Å². The number of rotatable bonds is 1. The molecule has 2 amide bonds. The molecule has 0 aromatic heterocycles. The van der Waals surface area contributed by atoms with E-state index in [1.54, 1.807) is 12.1 Å². The second-order valence-corrected chi connectivity index (χ2v) is 5.72. The third-order valence-electron chi connectivity index (χ3n) is 4.02. The molecular formula is C14H18ClN3O. The molecule has 2 fully saturated rings. The van der Waals surface area contributed by atoms with E-state index >= 15 is 0 Å². The molecule has 2 unspecified atom stereocenters. The van der Waals surface area contributed by atoms with Crippen molar-refractivity contribution in [1.82, 2.24) is 10.2 Å². The van der Waals surface area contributed by atoms with Gasteiger partial charge in [0.2, 0.25) is 0 Å². The van der Waals surface area contributed by atoms with Gasteiger partial charge in [-0.15, -0.1) is 0 Å². The van der Waals surface area contributed by atoms with E-state index in [9.17, 15) is 4.79 Å². The molecule has 5 heteroatoms. The first kappa shape index (κ1) is 12.8. The minimum absolute atomic E-state index is 0.0207. The fourth-order valence-corrected chi connectivity index (χ4v) is 3.19. The van der Waals surface area contributed by atoms with Gasteiger partial charge in [-0.05, 0) is 43.5 Å². The Labute approximate surface area is 118 Å². The second kappa shape index (κ2) is 5.39. The largest absolute Gasteiger partial charge is 0.324 e. The van der Waals surface area contributed by atoms with E-state index in [0.29, 0.717) is 17.0 Å². The van der Waals surface area contributed by atoms with Crippen LogP contribution < -0.4 is 10.6 Å². The summed E-state index contributed by atoms with van der Waals surface area (Å²) in [7, 11) is 0. The second-order valence-electron chi connectivity index (χ2n) is 5.28. The summed E-state index contributed by atoms with van der Waals surface area (Å²) in [5.41, 5.74) is 0.754. The van der Waals surface area contributed by atoms with Crippen molar-refractivity contribution in [3.63, 3.8) is 0 Å². The molecule has 0 bridgehead atoms. The molecule has 1 aromatic rings. The van der Waals surface area contributed by atoms with E-state index in [4.69, 9.17) is 11.6 Å². The number of hydrogen-bond donors (Lipinski definition) is 2. The number of likely N-dealkylation sites (tertiary alicyclic amines) is 1. The lowest BCUT2D eigenvalue weighted by atomic mass is 9.94. The number of carbonyl (C=O) groups is 1. The van der Waals surface area contributed by atoms with Crippen LogP contribution in [0.5, 0.6) is 0 Å². The molecule has 0 saturated carbocycles. The molecule has 2 heterocycles. The number of nitrogens with zero attached hydrogens (tertiary/aromatic N) is 1. The van der Waals surface area contributed by atoms with Crippen molar-refractivity contribution in [1.29, 1.82) is 0 Å². The zero-order valence-electron chi connectivity index (χ0n) is 10.7. The van der Waals surface area contributed by atoms with Gasteiger partial charge in [0.05, 0.1) is 0 Å². The minimum Gasteiger partial charge on any atom is -0.324 e. The van der Waals surface area contributed by atoms with Crippen LogP contribution in [0.15, 0.2) is 24.3 Å². The molecule has 2 aliphatic heterocycles. The molecule has 102 valence electrons. The van der Waals surface area contributed by atoms with Crippen LogP contribution in [0, 0.1) is 5.92 Å². The molecular weight excluding hydrogens is 262 g/mol. The van der Waals surface area contributed by atoms with E-state index in [1.165, 1.54) is 6.42 Å². The Morgan fingerprint density at radius 2 is 2.32 bits per heavy atom. The summed E-state index contributed by atoms with van der Waals surface area (Å²) in [6.07, 6.45) is 2.22. The Kier molecular flexibility index (Phi) is 3.62. The summed E-state index contributed by atoms with van der Waals surface area (Å²) in [6, 6.07) is 7.84. The number of halogens is 1. The van der Waals surface area contributed by atoms with Gasteiger partial charge in [0, 0.05) is 29.8 Å². The summed E-state index contributed by atoms with van der Waals surface area (Å²) in [5, 5.41) is 7.05. The Morgan fingerprint density at radius 1 is 1.42 bits per heavy atom. The monoisotopic (exact) mass is 279 g/mol. The molecule has 1 aromatic carbocycles. The Balaban J connectivity index is 1.61. The number of urea groups is 1. The van der Waals surface area contributed by atoms with Crippen LogP contribution in [0.2, 0.25) is 5.02 Å². The summed E-state index contributed by atoms with van der Waals surface area (Å²) < 4.78 is 0. The third-order valence-corrected chi connectivity index (χ3v) is 4.25. The highest BCUT2D eigenvalue weighted by molar-refractivity contribution is 6.30. The number of carbonyl (C=O) groups excluding carboxylic acids is 1. The van der Waals surface area contributed by atoms with Crippen LogP contribution in [0.1, 0.15) is 12.8 Å². The van der Waals surface area contributed by atoms with Gasteiger partial charge in [0.1, 0.15) is 0 Å². The Morgan fingerprint density at radius 3 is 3.16 bits per heavy atom. The molecule has 19 heavy (non-hydrogen) atoms. The van der Waals surface area contributed by atoms with Gasteiger partial charge in [0.25, 0.3) is 0 Å². The number of fused-ring (bicyclic) bond motifs is 1. The smallest absolute Gasteiger partial charge is 0.321 e. The van der Waals surface area contributed by atoms with Gasteiger partial charge in [-0.1, -0.05) is 17.7 Å². The SMILES string of the molecule is O=C(Nc1cccc(Cl)c1)N1CCC2NCCC2C1. The molecule has 0 radical (unpaired) electrons. The lowest BCUT2D eigenvalue weighted by Gasteiger charge is -2.34. The number of nitrogens with one attached hydrogen (secondary N) is 2. The normalized spacial score (nSPS) is 26.1. The standard InChI is InChI=1S/C14H18ClN3O/c15-11-2-1-3-12(8-11)17-14(19)18-7-5-13-10(9-18)4-6-16-13/h1-3,8,10,13,16H,4-7,9H2,(H,17,19). The Hall–Kier alpha value is -1.26. The molecule has 2 saturated heterocycles. The molecule has 2 N–H and O–H groups in total. The third kappa shape index (κ3) is 2.85. The van der Waals surface area contributed by atoms with Crippen molar-refractivity contribution < 1.29 is 4.79 Å². The van der Waals surface area contributed by atoms with Crippen molar-refractivity contribution >= 4 is 23.3 Å². The highest BCUT2D eigenvalue weighted by atomic mass is 35.5. The number of piperidine rings is 1. The van der Waals surface area contributed by atoms with Crippen molar-refractivity contribution in [2.75, 3.05) is 25.0 Å². The summed E-state index contributed by atoms with van der Waals surface area (Å²) in [6.45, 7) is 2.75. The van der Waals surface area contributed by atoms with Gasteiger partial charge < -0.3 is 15.5 Å². The fraction of sp³-hybridized carbons (Fsp3) is 0.500. The summed E-state index contributed by atoms with van der Waals surface area (Å²) >= 11 is 5.91.